The van der Waals surface area contributed by atoms with Crippen LogP contribution in [0.15, 0.2) is 24.3 Å². The van der Waals surface area contributed by atoms with Crippen LogP contribution in [0.4, 0.5) is 0 Å². The van der Waals surface area contributed by atoms with Gasteiger partial charge in [-0.3, -0.25) is 19.3 Å². The van der Waals surface area contributed by atoms with Crippen LogP contribution in [0.2, 0.25) is 0 Å². The Morgan fingerprint density at radius 1 is 1.14 bits per heavy atom. The van der Waals surface area contributed by atoms with E-state index in [4.69, 9.17) is 0 Å². The van der Waals surface area contributed by atoms with Gasteiger partial charge in [0, 0.05) is 13.1 Å². The minimum absolute atomic E-state index is 0.114. The predicted octanol–water partition coefficient (Wildman–Crippen LogP) is 0.398. The van der Waals surface area contributed by atoms with Crippen LogP contribution < -0.4 is 10.6 Å². The van der Waals surface area contributed by atoms with Crippen molar-refractivity contribution in [2.45, 2.75) is 12.8 Å². The van der Waals surface area contributed by atoms with Crippen molar-refractivity contribution in [1.82, 2.24) is 15.5 Å². The van der Waals surface area contributed by atoms with E-state index >= 15 is 0 Å². The molecule has 1 saturated carbocycles. The van der Waals surface area contributed by atoms with E-state index in [0.717, 1.165) is 12.5 Å². The lowest BCUT2D eigenvalue weighted by atomic mass is 10.1. The van der Waals surface area contributed by atoms with E-state index in [1.165, 1.54) is 17.7 Å². The van der Waals surface area contributed by atoms with Gasteiger partial charge in [0.2, 0.25) is 5.91 Å². The number of hydrogen-bond acceptors (Lipinski definition) is 4. The molecule has 0 unspecified atom stereocenters. The first-order valence-corrected chi connectivity index (χ1v) is 7.59. The van der Waals surface area contributed by atoms with Gasteiger partial charge in [-0.05, 0) is 37.4 Å². The first-order valence-electron chi connectivity index (χ1n) is 7.59. The molecule has 2 N–H and O–H groups in total. The van der Waals surface area contributed by atoms with Crippen LogP contribution in [-0.2, 0) is 4.79 Å². The third-order valence-corrected chi connectivity index (χ3v) is 3.95. The van der Waals surface area contributed by atoms with E-state index in [1.807, 2.05) is 0 Å². The number of rotatable bonds is 7. The number of imide groups is 1. The monoisotopic (exact) mass is 301 g/mol. The second kappa shape index (κ2) is 6.27. The highest BCUT2D eigenvalue weighted by atomic mass is 16.2. The summed E-state index contributed by atoms with van der Waals surface area (Å²) >= 11 is 0. The highest BCUT2D eigenvalue weighted by Gasteiger charge is 2.34. The van der Waals surface area contributed by atoms with Crippen molar-refractivity contribution in [3.63, 3.8) is 0 Å². The van der Waals surface area contributed by atoms with Crippen molar-refractivity contribution < 1.29 is 14.4 Å². The highest BCUT2D eigenvalue weighted by Crippen LogP contribution is 2.27. The van der Waals surface area contributed by atoms with Gasteiger partial charge in [-0.2, -0.15) is 0 Å². The normalized spacial score (nSPS) is 16.8. The van der Waals surface area contributed by atoms with Crippen LogP contribution in [0, 0.1) is 5.92 Å². The molecule has 3 rings (SSSR count). The summed E-state index contributed by atoms with van der Waals surface area (Å²) in [6.45, 7) is 1.63. The molecule has 0 radical (unpaired) electrons. The fourth-order valence-corrected chi connectivity index (χ4v) is 2.52. The van der Waals surface area contributed by atoms with Crippen LogP contribution in [0.5, 0.6) is 0 Å². The van der Waals surface area contributed by atoms with Gasteiger partial charge >= 0.3 is 0 Å². The minimum Gasteiger partial charge on any atom is -0.353 e. The maximum absolute atomic E-state index is 12.1. The quantitative estimate of drug-likeness (QED) is 0.715. The molecule has 1 aromatic carbocycles. The van der Waals surface area contributed by atoms with Gasteiger partial charge in [0.1, 0.15) is 0 Å². The Hall–Kier alpha value is -2.21. The summed E-state index contributed by atoms with van der Waals surface area (Å²) in [7, 11) is 0. The molecule has 1 fully saturated rings. The van der Waals surface area contributed by atoms with Gasteiger partial charge in [-0.25, -0.2) is 0 Å². The van der Waals surface area contributed by atoms with Crippen LogP contribution in [0.3, 0.4) is 0 Å². The van der Waals surface area contributed by atoms with E-state index in [2.05, 4.69) is 10.6 Å². The number of nitrogens with zero attached hydrogens (tertiary/aromatic N) is 1. The number of carbonyl (C=O) groups excluding carboxylic acids is 3. The SMILES string of the molecule is O=C(CNCC1CC1)NCCN1C(=O)c2ccccc2C1=O. The standard InChI is InChI=1S/C16H19N3O3/c20-14(10-17-9-11-5-6-11)18-7-8-19-15(21)12-3-1-2-4-13(12)16(19)22/h1-4,11,17H,5-10H2,(H,18,20). The van der Waals surface area contributed by atoms with Crippen LogP contribution >= 0.6 is 0 Å². The summed E-state index contributed by atoms with van der Waals surface area (Å²) in [6, 6.07) is 6.77. The lowest BCUT2D eigenvalue weighted by Gasteiger charge is -2.14. The maximum Gasteiger partial charge on any atom is 0.261 e. The molecule has 0 spiro atoms. The van der Waals surface area contributed by atoms with E-state index in [9.17, 15) is 14.4 Å². The lowest BCUT2D eigenvalue weighted by molar-refractivity contribution is -0.120. The Bertz CT molecular complexity index is 575. The highest BCUT2D eigenvalue weighted by molar-refractivity contribution is 6.21. The van der Waals surface area contributed by atoms with Gasteiger partial charge in [-0.1, -0.05) is 12.1 Å². The number of nitrogens with one attached hydrogen (secondary N) is 2. The molecule has 0 atom stereocenters. The molecule has 2 aliphatic rings. The Labute approximate surface area is 128 Å². The maximum atomic E-state index is 12.1. The zero-order valence-electron chi connectivity index (χ0n) is 12.3. The van der Waals surface area contributed by atoms with Crippen molar-refractivity contribution >= 4 is 17.7 Å². The Balaban J connectivity index is 1.43. The number of benzene rings is 1. The molecule has 116 valence electrons. The molecular weight excluding hydrogens is 282 g/mol. The minimum atomic E-state index is -0.290. The van der Waals surface area contributed by atoms with E-state index < -0.39 is 0 Å². The fourth-order valence-electron chi connectivity index (χ4n) is 2.52. The number of amides is 3. The molecular formula is C16H19N3O3. The molecule has 1 aromatic rings. The molecule has 1 aliphatic carbocycles. The summed E-state index contributed by atoms with van der Waals surface area (Å²) in [4.78, 5) is 37.1. The first kappa shape index (κ1) is 14.7. The second-order valence-corrected chi connectivity index (χ2v) is 5.73. The third kappa shape index (κ3) is 3.17. The van der Waals surface area contributed by atoms with Gasteiger partial charge < -0.3 is 10.6 Å². The van der Waals surface area contributed by atoms with Crippen LogP contribution in [-0.4, -0.2) is 48.8 Å². The zero-order valence-corrected chi connectivity index (χ0v) is 12.3. The zero-order chi connectivity index (χ0) is 15.5. The molecule has 1 heterocycles. The summed E-state index contributed by atoms with van der Waals surface area (Å²) in [5.74, 6) is 0.0341. The van der Waals surface area contributed by atoms with Crippen molar-refractivity contribution in [3.8, 4) is 0 Å². The van der Waals surface area contributed by atoms with Crippen LogP contribution in [0.25, 0.3) is 0 Å². The van der Waals surface area contributed by atoms with Crippen LogP contribution in [0.1, 0.15) is 33.6 Å². The Kier molecular flexibility index (Phi) is 4.20. The molecule has 6 nitrogen and oxygen atoms in total. The van der Waals surface area contributed by atoms with Gasteiger partial charge in [0.05, 0.1) is 17.7 Å². The first-order chi connectivity index (χ1) is 10.7. The van der Waals surface area contributed by atoms with Gasteiger partial charge in [-0.15, -0.1) is 0 Å². The topological polar surface area (TPSA) is 78.5 Å². The number of fused-ring (bicyclic) bond motifs is 1. The van der Waals surface area contributed by atoms with E-state index in [1.54, 1.807) is 24.3 Å². The summed E-state index contributed by atoms with van der Waals surface area (Å²) in [6.07, 6.45) is 2.49. The van der Waals surface area contributed by atoms with Gasteiger partial charge in [0.15, 0.2) is 0 Å². The molecule has 22 heavy (non-hydrogen) atoms. The molecule has 3 amide bonds. The number of hydrogen-bond donors (Lipinski definition) is 2. The Morgan fingerprint density at radius 2 is 1.77 bits per heavy atom. The van der Waals surface area contributed by atoms with Crippen molar-refractivity contribution in [2.75, 3.05) is 26.2 Å². The van der Waals surface area contributed by atoms with Crippen molar-refractivity contribution in [3.05, 3.63) is 35.4 Å². The molecule has 0 aromatic heterocycles. The number of carbonyl (C=O) groups is 3. The molecule has 0 bridgehead atoms. The average molecular weight is 301 g/mol. The summed E-state index contributed by atoms with van der Waals surface area (Å²) in [5, 5.41) is 5.82. The fraction of sp³-hybridized carbons (Fsp3) is 0.438. The lowest BCUT2D eigenvalue weighted by Crippen LogP contribution is -2.41. The largest absolute Gasteiger partial charge is 0.353 e. The summed E-state index contributed by atoms with van der Waals surface area (Å²) < 4.78 is 0. The Morgan fingerprint density at radius 3 is 2.36 bits per heavy atom. The molecule has 1 aliphatic heterocycles. The second-order valence-electron chi connectivity index (χ2n) is 5.73. The van der Waals surface area contributed by atoms with Gasteiger partial charge in [0.25, 0.3) is 11.8 Å². The van der Waals surface area contributed by atoms with Crippen molar-refractivity contribution in [2.24, 2.45) is 5.92 Å². The predicted molar refractivity (Wildman–Crippen MR) is 80.4 cm³/mol. The smallest absolute Gasteiger partial charge is 0.261 e. The molecule has 6 heteroatoms. The van der Waals surface area contributed by atoms with Crippen molar-refractivity contribution in [1.29, 1.82) is 0 Å². The third-order valence-electron chi connectivity index (χ3n) is 3.95. The average Bonchev–Trinajstić information content (AvgIpc) is 3.31. The van der Waals surface area contributed by atoms with E-state index in [-0.39, 0.29) is 37.4 Å². The summed E-state index contributed by atoms with van der Waals surface area (Å²) in [5.41, 5.74) is 0.870. The molecule has 0 saturated heterocycles. The van der Waals surface area contributed by atoms with E-state index in [0.29, 0.717) is 11.1 Å².